The first kappa shape index (κ1) is 15.9. The first-order chi connectivity index (χ1) is 9.98. The Morgan fingerprint density at radius 3 is 2.48 bits per heavy atom. The van der Waals surface area contributed by atoms with E-state index in [0.717, 1.165) is 19.3 Å². The summed E-state index contributed by atoms with van der Waals surface area (Å²) in [5, 5.41) is 15.7. The number of oxime groups is 1. The molecule has 0 heterocycles. The van der Waals surface area contributed by atoms with Gasteiger partial charge >= 0.3 is 0 Å². The average Bonchev–Trinajstić information content (AvgIpc) is 2.50. The highest BCUT2D eigenvalue weighted by molar-refractivity contribution is 6.42. The number of nitrogens with zero attached hydrogens (tertiary/aromatic N) is 1. The Bertz CT molecular complexity index is 569. The molecule has 21 heavy (non-hydrogen) atoms. The number of halogens is 2. The quantitative estimate of drug-likeness (QED) is 0.344. The van der Waals surface area contributed by atoms with Crippen molar-refractivity contribution in [3.63, 3.8) is 0 Å². The lowest BCUT2D eigenvalue weighted by atomic mass is 9.80. The Morgan fingerprint density at radius 1 is 1.24 bits per heavy atom. The van der Waals surface area contributed by atoms with E-state index in [9.17, 15) is 4.79 Å². The molecule has 5 nitrogen and oxygen atoms in total. The van der Waals surface area contributed by atoms with Crippen molar-refractivity contribution in [3.8, 4) is 0 Å². The molecule has 1 aromatic carbocycles. The molecular formula is C14H17Cl2N3O2. The summed E-state index contributed by atoms with van der Waals surface area (Å²) < 4.78 is 0. The van der Waals surface area contributed by atoms with Gasteiger partial charge in [0, 0.05) is 5.56 Å². The van der Waals surface area contributed by atoms with Gasteiger partial charge in [-0.25, -0.2) is 0 Å². The highest BCUT2D eigenvalue weighted by Crippen LogP contribution is 2.29. The van der Waals surface area contributed by atoms with Gasteiger partial charge in [0.05, 0.1) is 10.0 Å². The number of rotatable bonds is 3. The Hall–Kier alpha value is -1.46. The molecule has 0 bridgehead atoms. The molecule has 1 aliphatic rings. The molecule has 1 fully saturated rings. The van der Waals surface area contributed by atoms with Crippen molar-refractivity contribution in [2.45, 2.75) is 37.6 Å². The van der Waals surface area contributed by atoms with Crippen molar-refractivity contribution in [1.82, 2.24) is 5.32 Å². The maximum absolute atomic E-state index is 12.4. The molecule has 0 saturated heterocycles. The number of hydrogen-bond acceptors (Lipinski definition) is 3. The van der Waals surface area contributed by atoms with Gasteiger partial charge in [-0.3, -0.25) is 4.79 Å². The van der Waals surface area contributed by atoms with Crippen LogP contribution in [-0.4, -0.2) is 22.5 Å². The number of carbonyl (C=O) groups excluding carboxylic acids is 1. The largest absolute Gasteiger partial charge is 0.409 e. The van der Waals surface area contributed by atoms with Gasteiger partial charge in [0.15, 0.2) is 5.84 Å². The van der Waals surface area contributed by atoms with Gasteiger partial charge in [0.2, 0.25) is 0 Å². The van der Waals surface area contributed by atoms with Crippen molar-refractivity contribution in [2.75, 3.05) is 0 Å². The second-order valence-corrected chi connectivity index (χ2v) is 6.03. The molecular weight excluding hydrogens is 313 g/mol. The number of nitrogens with one attached hydrogen (secondary N) is 1. The number of carbonyl (C=O) groups is 1. The zero-order chi connectivity index (χ0) is 15.5. The molecule has 1 aliphatic carbocycles. The molecule has 1 amide bonds. The van der Waals surface area contributed by atoms with Crippen LogP contribution in [0.25, 0.3) is 0 Å². The van der Waals surface area contributed by atoms with Gasteiger partial charge < -0.3 is 16.3 Å². The summed E-state index contributed by atoms with van der Waals surface area (Å²) in [6.07, 6.45) is 4.20. The summed E-state index contributed by atoms with van der Waals surface area (Å²) in [6.45, 7) is 0. The number of benzene rings is 1. The summed E-state index contributed by atoms with van der Waals surface area (Å²) >= 11 is 11.8. The summed E-state index contributed by atoms with van der Waals surface area (Å²) in [5.74, 6) is -0.280. The molecule has 1 saturated carbocycles. The first-order valence-electron chi connectivity index (χ1n) is 6.74. The second kappa shape index (κ2) is 6.54. The SMILES string of the molecule is N/C(=N/O)C1(NC(=O)c2ccc(Cl)c(Cl)c2)CCCCC1. The van der Waals surface area contributed by atoms with E-state index < -0.39 is 5.54 Å². The van der Waals surface area contributed by atoms with Crippen LogP contribution in [0.5, 0.6) is 0 Å². The fraction of sp³-hybridized carbons (Fsp3) is 0.429. The third-order valence-electron chi connectivity index (χ3n) is 3.84. The van der Waals surface area contributed by atoms with Crippen LogP contribution in [0.2, 0.25) is 10.0 Å². The van der Waals surface area contributed by atoms with E-state index in [1.807, 2.05) is 0 Å². The zero-order valence-electron chi connectivity index (χ0n) is 11.4. The Kier molecular flexibility index (Phi) is 4.96. The maximum atomic E-state index is 12.4. The molecule has 0 unspecified atom stereocenters. The van der Waals surface area contributed by atoms with Gasteiger partial charge in [-0.2, -0.15) is 0 Å². The highest BCUT2D eigenvalue weighted by atomic mass is 35.5. The van der Waals surface area contributed by atoms with Gasteiger partial charge in [0.1, 0.15) is 5.54 Å². The maximum Gasteiger partial charge on any atom is 0.252 e. The fourth-order valence-electron chi connectivity index (χ4n) is 2.62. The molecule has 1 aromatic rings. The number of nitrogens with two attached hydrogens (primary N) is 1. The van der Waals surface area contributed by atoms with E-state index in [0.29, 0.717) is 28.5 Å². The monoisotopic (exact) mass is 329 g/mol. The third-order valence-corrected chi connectivity index (χ3v) is 4.58. The molecule has 0 atom stereocenters. The molecule has 7 heteroatoms. The third kappa shape index (κ3) is 3.41. The molecule has 0 aliphatic heterocycles. The first-order valence-corrected chi connectivity index (χ1v) is 7.50. The lowest BCUT2D eigenvalue weighted by molar-refractivity contribution is 0.0905. The number of amidine groups is 1. The van der Waals surface area contributed by atoms with Crippen molar-refractivity contribution in [2.24, 2.45) is 10.9 Å². The van der Waals surface area contributed by atoms with Crippen LogP contribution in [0.1, 0.15) is 42.5 Å². The number of amides is 1. The Labute approximate surface area is 133 Å². The van der Waals surface area contributed by atoms with Crippen molar-refractivity contribution in [3.05, 3.63) is 33.8 Å². The smallest absolute Gasteiger partial charge is 0.252 e. The second-order valence-electron chi connectivity index (χ2n) is 5.21. The summed E-state index contributed by atoms with van der Waals surface area (Å²) in [5.41, 5.74) is 5.39. The van der Waals surface area contributed by atoms with Gasteiger partial charge in [-0.05, 0) is 31.0 Å². The summed E-state index contributed by atoms with van der Waals surface area (Å²) in [7, 11) is 0. The summed E-state index contributed by atoms with van der Waals surface area (Å²) in [6, 6.07) is 4.66. The lowest BCUT2D eigenvalue weighted by Gasteiger charge is -2.36. The molecule has 0 radical (unpaired) electrons. The summed E-state index contributed by atoms with van der Waals surface area (Å²) in [4.78, 5) is 12.4. The molecule has 4 N–H and O–H groups in total. The standard InChI is InChI=1S/C14H17Cl2N3O2/c15-10-5-4-9(8-11(10)16)12(20)18-14(13(17)19-21)6-2-1-3-7-14/h4-5,8,21H,1-3,6-7H2,(H2,17,19)(H,18,20). The van der Waals surface area contributed by atoms with E-state index >= 15 is 0 Å². The van der Waals surface area contributed by atoms with Crippen LogP contribution in [-0.2, 0) is 0 Å². The van der Waals surface area contributed by atoms with E-state index in [-0.39, 0.29) is 11.7 Å². The van der Waals surface area contributed by atoms with Crippen LogP contribution >= 0.6 is 23.2 Å². The van der Waals surface area contributed by atoms with E-state index in [1.165, 1.54) is 6.07 Å². The van der Waals surface area contributed by atoms with Crippen LogP contribution < -0.4 is 11.1 Å². The minimum absolute atomic E-state index is 0.0376. The predicted octanol–water partition coefficient (Wildman–Crippen LogP) is 3.17. The van der Waals surface area contributed by atoms with Crippen LogP contribution in [0, 0.1) is 0 Å². The van der Waals surface area contributed by atoms with E-state index in [2.05, 4.69) is 10.5 Å². The van der Waals surface area contributed by atoms with Crippen LogP contribution in [0.3, 0.4) is 0 Å². The van der Waals surface area contributed by atoms with Crippen molar-refractivity contribution < 1.29 is 10.0 Å². The van der Waals surface area contributed by atoms with Gasteiger partial charge in [-0.15, -0.1) is 0 Å². The van der Waals surface area contributed by atoms with Crippen molar-refractivity contribution >= 4 is 34.9 Å². The normalized spacial score (nSPS) is 18.3. The van der Waals surface area contributed by atoms with Crippen LogP contribution in [0.15, 0.2) is 23.4 Å². The molecule has 0 aromatic heterocycles. The lowest BCUT2D eigenvalue weighted by Crippen LogP contribution is -2.58. The van der Waals surface area contributed by atoms with E-state index in [4.69, 9.17) is 34.1 Å². The predicted molar refractivity (Wildman–Crippen MR) is 83.2 cm³/mol. The van der Waals surface area contributed by atoms with Crippen molar-refractivity contribution in [1.29, 1.82) is 0 Å². The Morgan fingerprint density at radius 2 is 1.90 bits per heavy atom. The van der Waals surface area contributed by atoms with E-state index in [1.54, 1.807) is 12.1 Å². The fourth-order valence-corrected chi connectivity index (χ4v) is 2.92. The number of hydrogen-bond donors (Lipinski definition) is 3. The minimum Gasteiger partial charge on any atom is -0.409 e. The highest BCUT2D eigenvalue weighted by Gasteiger charge is 2.38. The average molecular weight is 330 g/mol. The molecule has 114 valence electrons. The van der Waals surface area contributed by atoms with Crippen LogP contribution in [0.4, 0.5) is 0 Å². The minimum atomic E-state index is -0.795. The van der Waals surface area contributed by atoms with Gasteiger partial charge in [-0.1, -0.05) is 47.6 Å². The topological polar surface area (TPSA) is 87.7 Å². The molecule has 2 rings (SSSR count). The van der Waals surface area contributed by atoms with Gasteiger partial charge in [0.25, 0.3) is 5.91 Å². The zero-order valence-corrected chi connectivity index (χ0v) is 12.9. The molecule has 0 spiro atoms. The Balaban J connectivity index is 2.23.